The third kappa shape index (κ3) is 2.45. The molecule has 3 rings (SSSR count). The molecule has 0 aromatic heterocycles. The van der Waals surface area contributed by atoms with E-state index < -0.39 is 59.0 Å². The van der Waals surface area contributed by atoms with Crippen molar-refractivity contribution in [3.05, 3.63) is 24.8 Å². The highest BCUT2D eigenvalue weighted by Crippen LogP contribution is 2.58. The number of fused-ring (bicyclic) bond motifs is 1. The van der Waals surface area contributed by atoms with E-state index in [-0.39, 0.29) is 12.2 Å². The molecular formula is C19H24O7. The number of carbonyl (C=O) groups excluding carboxylic acids is 3. The minimum absolute atomic E-state index is 0.119. The van der Waals surface area contributed by atoms with E-state index in [1.807, 2.05) is 0 Å². The molecule has 3 fully saturated rings. The van der Waals surface area contributed by atoms with Crippen LogP contribution < -0.4 is 0 Å². The van der Waals surface area contributed by atoms with Crippen LogP contribution >= 0.6 is 0 Å². The lowest BCUT2D eigenvalue weighted by molar-refractivity contribution is -0.200. The molecule has 26 heavy (non-hydrogen) atoms. The summed E-state index contributed by atoms with van der Waals surface area (Å²) in [5.74, 6) is -3.01. The van der Waals surface area contributed by atoms with Crippen molar-refractivity contribution in [2.75, 3.05) is 6.61 Å². The Labute approximate surface area is 152 Å². The van der Waals surface area contributed by atoms with Gasteiger partial charge >= 0.3 is 11.9 Å². The standard InChI is InChI=1S/C19H24O7/c1-6-18(5)14(19(7-20)8-24-19)12(25-16(22)9(2)3)11-10(4)17(23)26-13(11)15(18)21/h6-7,9,11-15,21H,1,4,8H2,2-3,5H3/t11-,12-,13-,14+,15-,18-,19-/m0/s1. The first-order valence-corrected chi connectivity index (χ1v) is 8.65. The number of esters is 2. The topological polar surface area (TPSA) is 102 Å². The lowest BCUT2D eigenvalue weighted by Gasteiger charge is -2.52. The van der Waals surface area contributed by atoms with Gasteiger partial charge in [0.05, 0.1) is 18.4 Å². The van der Waals surface area contributed by atoms with E-state index in [1.165, 1.54) is 6.08 Å². The summed E-state index contributed by atoms with van der Waals surface area (Å²) >= 11 is 0. The van der Waals surface area contributed by atoms with Crippen LogP contribution in [0.3, 0.4) is 0 Å². The van der Waals surface area contributed by atoms with E-state index in [4.69, 9.17) is 14.2 Å². The normalized spacial score (nSPS) is 44.3. The van der Waals surface area contributed by atoms with E-state index in [1.54, 1.807) is 20.8 Å². The Bertz CT molecular complexity index is 677. The molecule has 3 aliphatic rings. The lowest BCUT2D eigenvalue weighted by atomic mass is 9.55. The maximum absolute atomic E-state index is 12.4. The van der Waals surface area contributed by atoms with Crippen LogP contribution in [0.15, 0.2) is 24.8 Å². The minimum atomic E-state index is -1.21. The van der Waals surface area contributed by atoms with Crippen molar-refractivity contribution in [3.63, 3.8) is 0 Å². The number of aliphatic hydroxyl groups excluding tert-OH is 1. The average molecular weight is 364 g/mol. The summed E-state index contributed by atoms with van der Waals surface area (Å²) in [5.41, 5.74) is -2.16. The minimum Gasteiger partial charge on any atom is -0.461 e. The highest BCUT2D eigenvalue weighted by molar-refractivity contribution is 5.91. The summed E-state index contributed by atoms with van der Waals surface area (Å²) in [5, 5.41) is 11.0. The fourth-order valence-electron chi connectivity index (χ4n) is 4.22. The summed E-state index contributed by atoms with van der Waals surface area (Å²) in [4.78, 5) is 36.2. The predicted octanol–water partition coefficient (Wildman–Crippen LogP) is 0.803. The van der Waals surface area contributed by atoms with Crippen LogP contribution in [-0.4, -0.2) is 53.9 Å². The van der Waals surface area contributed by atoms with Crippen molar-refractivity contribution in [3.8, 4) is 0 Å². The molecule has 1 aliphatic carbocycles. The molecule has 7 atom stereocenters. The monoisotopic (exact) mass is 364 g/mol. The summed E-state index contributed by atoms with van der Waals surface area (Å²) in [6.07, 6.45) is -0.803. The molecule has 0 aromatic rings. The Morgan fingerprint density at radius 2 is 2.08 bits per heavy atom. The zero-order valence-electron chi connectivity index (χ0n) is 15.1. The van der Waals surface area contributed by atoms with Gasteiger partial charge < -0.3 is 24.1 Å². The first-order chi connectivity index (χ1) is 12.1. The quantitative estimate of drug-likeness (QED) is 0.253. The number of hydrogen-bond acceptors (Lipinski definition) is 7. The molecule has 7 nitrogen and oxygen atoms in total. The highest BCUT2D eigenvalue weighted by atomic mass is 16.6. The van der Waals surface area contributed by atoms with Gasteiger partial charge in [-0.3, -0.25) is 4.79 Å². The number of aliphatic hydroxyl groups is 1. The molecule has 2 saturated heterocycles. The van der Waals surface area contributed by atoms with Gasteiger partial charge in [0.1, 0.15) is 18.3 Å². The van der Waals surface area contributed by atoms with Crippen LogP contribution in [0.4, 0.5) is 0 Å². The number of epoxide rings is 1. The molecular weight excluding hydrogens is 340 g/mol. The third-order valence-corrected chi connectivity index (χ3v) is 5.93. The fourth-order valence-corrected chi connectivity index (χ4v) is 4.22. The van der Waals surface area contributed by atoms with E-state index in [9.17, 15) is 19.5 Å². The first kappa shape index (κ1) is 18.8. The van der Waals surface area contributed by atoms with Gasteiger partial charge in [0.25, 0.3) is 0 Å². The van der Waals surface area contributed by atoms with Crippen molar-refractivity contribution in [2.45, 2.75) is 44.7 Å². The van der Waals surface area contributed by atoms with Gasteiger partial charge in [0.15, 0.2) is 11.9 Å². The Morgan fingerprint density at radius 3 is 2.54 bits per heavy atom. The molecule has 0 aromatic carbocycles. The second-order valence-electron chi connectivity index (χ2n) is 7.83. The number of ether oxygens (including phenoxy) is 3. The Kier molecular flexibility index (Phi) is 4.36. The maximum Gasteiger partial charge on any atom is 0.334 e. The maximum atomic E-state index is 12.4. The summed E-state index contributed by atoms with van der Waals surface area (Å²) in [7, 11) is 0. The van der Waals surface area contributed by atoms with Crippen LogP contribution in [0, 0.1) is 23.2 Å². The van der Waals surface area contributed by atoms with E-state index in [0.717, 1.165) is 0 Å². The largest absolute Gasteiger partial charge is 0.461 e. The number of aldehydes is 1. The van der Waals surface area contributed by atoms with Crippen LogP contribution in [0.25, 0.3) is 0 Å². The van der Waals surface area contributed by atoms with Crippen LogP contribution in [0.1, 0.15) is 20.8 Å². The Hall–Kier alpha value is -1.99. The molecule has 0 bridgehead atoms. The molecule has 1 saturated carbocycles. The van der Waals surface area contributed by atoms with Gasteiger partial charge in [-0.2, -0.15) is 0 Å². The molecule has 2 aliphatic heterocycles. The van der Waals surface area contributed by atoms with Crippen molar-refractivity contribution < 1.29 is 33.7 Å². The average Bonchev–Trinajstić information content (AvgIpc) is 3.33. The van der Waals surface area contributed by atoms with Gasteiger partial charge in [-0.1, -0.05) is 33.4 Å². The first-order valence-electron chi connectivity index (χ1n) is 8.65. The van der Waals surface area contributed by atoms with Crippen molar-refractivity contribution in [2.24, 2.45) is 23.2 Å². The molecule has 1 N–H and O–H groups in total. The Balaban J connectivity index is 2.13. The summed E-state index contributed by atoms with van der Waals surface area (Å²) in [6.45, 7) is 12.8. The van der Waals surface area contributed by atoms with Gasteiger partial charge in [-0.05, 0) is 0 Å². The summed E-state index contributed by atoms with van der Waals surface area (Å²) in [6, 6.07) is 0. The van der Waals surface area contributed by atoms with Gasteiger partial charge in [0, 0.05) is 16.9 Å². The Morgan fingerprint density at radius 1 is 1.46 bits per heavy atom. The van der Waals surface area contributed by atoms with Crippen molar-refractivity contribution in [1.29, 1.82) is 0 Å². The molecule has 2 heterocycles. The van der Waals surface area contributed by atoms with Gasteiger partial charge in [-0.15, -0.1) is 6.58 Å². The van der Waals surface area contributed by atoms with Crippen molar-refractivity contribution in [1.82, 2.24) is 0 Å². The summed E-state index contributed by atoms with van der Waals surface area (Å²) < 4.78 is 16.5. The molecule has 0 amide bonds. The zero-order valence-corrected chi connectivity index (χ0v) is 15.1. The van der Waals surface area contributed by atoms with E-state index in [2.05, 4.69) is 13.2 Å². The highest BCUT2D eigenvalue weighted by Gasteiger charge is 2.71. The van der Waals surface area contributed by atoms with Gasteiger partial charge in [0.2, 0.25) is 0 Å². The third-order valence-electron chi connectivity index (χ3n) is 5.93. The second kappa shape index (κ2) is 6.03. The molecule has 0 unspecified atom stereocenters. The number of hydrogen-bond donors (Lipinski definition) is 1. The smallest absolute Gasteiger partial charge is 0.334 e. The van der Waals surface area contributed by atoms with Crippen LogP contribution in [0.2, 0.25) is 0 Å². The zero-order chi connectivity index (χ0) is 19.4. The second-order valence-corrected chi connectivity index (χ2v) is 7.83. The SMILES string of the molecule is C=C[C@@]1(C)[C@H]([C@]2(C=O)CO2)[C@@H](OC(=O)C(C)C)[C@@H]2C(=C)C(=O)O[C@@H]2[C@@H]1O. The van der Waals surface area contributed by atoms with Crippen LogP contribution in [0.5, 0.6) is 0 Å². The predicted molar refractivity (Wildman–Crippen MR) is 89.8 cm³/mol. The number of rotatable bonds is 5. The van der Waals surface area contributed by atoms with Crippen molar-refractivity contribution >= 4 is 18.2 Å². The van der Waals surface area contributed by atoms with E-state index in [0.29, 0.717) is 6.29 Å². The fraction of sp³-hybridized carbons (Fsp3) is 0.632. The molecule has 142 valence electrons. The molecule has 0 radical (unpaired) electrons. The molecule has 0 spiro atoms. The van der Waals surface area contributed by atoms with Crippen LogP contribution in [-0.2, 0) is 28.6 Å². The molecule has 7 heteroatoms. The number of carbonyl (C=O) groups is 3. The van der Waals surface area contributed by atoms with Gasteiger partial charge in [-0.25, -0.2) is 4.79 Å². The lowest BCUT2D eigenvalue weighted by Crippen LogP contribution is -2.64. The van der Waals surface area contributed by atoms with E-state index >= 15 is 0 Å².